The molecule has 0 bridgehead atoms. The number of hydrogen-bond acceptors (Lipinski definition) is 3. The molecule has 274 valence electrons. The molecule has 9 aromatic carbocycles. The summed E-state index contributed by atoms with van der Waals surface area (Å²) in [5.74, 6) is 0. The average Bonchev–Trinajstić information content (AvgIpc) is 3.86. The number of anilines is 6. The number of aromatic nitrogens is 1. The minimum absolute atomic E-state index is 0.0306. The lowest BCUT2D eigenvalue weighted by molar-refractivity contribution is 1.17. The van der Waals surface area contributed by atoms with Gasteiger partial charge in [-0.25, -0.2) is 0 Å². The van der Waals surface area contributed by atoms with Gasteiger partial charge in [0.15, 0.2) is 0 Å². The van der Waals surface area contributed by atoms with Gasteiger partial charge in [0, 0.05) is 59.8 Å². The summed E-state index contributed by atoms with van der Waals surface area (Å²) >= 11 is 1.97. The summed E-state index contributed by atoms with van der Waals surface area (Å²) < 4.78 is 5.15. The molecule has 0 unspecified atom stereocenters. The normalized spacial score (nSPS) is 13.0. The third kappa shape index (κ3) is 4.71. The van der Waals surface area contributed by atoms with Crippen molar-refractivity contribution in [3.05, 3.63) is 206 Å². The molecule has 13 rings (SSSR count). The van der Waals surface area contributed by atoms with E-state index in [0.717, 1.165) is 17.1 Å². The summed E-state index contributed by atoms with van der Waals surface area (Å²) in [5, 5.41) is 6.39. The molecular weight excluding hydrogens is 733 g/mol. The highest BCUT2D eigenvalue weighted by atomic mass is 32.1. The number of benzene rings is 9. The summed E-state index contributed by atoms with van der Waals surface area (Å²) in [5.41, 5.74) is 15.9. The Hall–Kier alpha value is -7.34. The van der Waals surface area contributed by atoms with Crippen molar-refractivity contribution in [2.75, 3.05) is 9.80 Å². The molecule has 3 nitrogen and oxygen atoms in total. The van der Waals surface area contributed by atoms with Crippen molar-refractivity contribution in [1.29, 1.82) is 0 Å². The van der Waals surface area contributed by atoms with Gasteiger partial charge in [-0.3, -0.25) is 0 Å². The second-order valence-corrected chi connectivity index (χ2v) is 16.7. The minimum atomic E-state index is 0.0306. The maximum atomic E-state index is 2.56. The largest absolute Gasteiger partial charge is 0.311 e. The van der Waals surface area contributed by atoms with Crippen molar-refractivity contribution in [3.8, 4) is 16.8 Å². The Morgan fingerprint density at radius 2 is 1.02 bits per heavy atom. The fourth-order valence-electron chi connectivity index (χ4n) is 10.0. The lowest BCUT2D eigenvalue weighted by Crippen LogP contribution is -2.60. The van der Waals surface area contributed by atoms with Gasteiger partial charge in [0.2, 0.25) is 0 Å². The van der Waals surface area contributed by atoms with Gasteiger partial charge in [-0.2, -0.15) is 0 Å². The fraction of sp³-hybridized carbons (Fsp3) is 0. The van der Waals surface area contributed by atoms with Crippen molar-refractivity contribution >= 4 is 111 Å². The molecule has 11 aromatic rings. The van der Waals surface area contributed by atoms with Crippen LogP contribution in [0.25, 0.3) is 59.5 Å². The summed E-state index contributed by atoms with van der Waals surface area (Å²) in [6.45, 7) is 0.0306. The van der Waals surface area contributed by atoms with Crippen LogP contribution in [0, 0.1) is 0 Å². The van der Waals surface area contributed by atoms with E-state index in [1.54, 1.807) is 0 Å². The molecule has 0 amide bonds. The van der Waals surface area contributed by atoms with Crippen LogP contribution in [-0.4, -0.2) is 11.3 Å². The first-order valence-electron chi connectivity index (χ1n) is 20.3. The first-order chi connectivity index (χ1) is 29.3. The van der Waals surface area contributed by atoms with Gasteiger partial charge in [0.05, 0.1) is 16.7 Å². The molecule has 5 heteroatoms. The molecule has 4 heterocycles. The van der Waals surface area contributed by atoms with Crippen LogP contribution < -0.4 is 25.5 Å². The average molecular weight is 768 g/mol. The maximum Gasteiger partial charge on any atom is 0.264 e. The van der Waals surface area contributed by atoms with E-state index < -0.39 is 0 Å². The Balaban J connectivity index is 1.12. The third-order valence-electron chi connectivity index (χ3n) is 12.5. The summed E-state index contributed by atoms with van der Waals surface area (Å²) in [4.78, 5) is 5.07. The molecule has 2 aromatic heterocycles. The SMILES string of the molecule is c1ccc(-c2cccc(N3c4cccc5c4B(c4ccc(-n6c7ccccc7c7ccccc76)cc4N5c4ccccc4)c4sc5c(ccc6ccccc65)c43)c2)cc1. The van der Waals surface area contributed by atoms with Crippen molar-refractivity contribution in [3.63, 3.8) is 0 Å². The van der Waals surface area contributed by atoms with Crippen LogP contribution in [0.1, 0.15) is 0 Å². The number of hydrogen-bond donors (Lipinski definition) is 0. The summed E-state index contributed by atoms with van der Waals surface area (Å²) in [6.07, 6.45) is 0. The Labute approximate surface area is 346 Å². The Morgan fingerprint density at radius 3 is 1.80 bits per heavy atom. The number of fused-ring (bicyclic) bond motifs is 11. The van der Waals surface area contributed by atoms with Gasteiger partial charge < -0.3 is 14.4 Å². The highest BCUT2D eigenvalue weighted by Crippen LogP contribution is 2.49. The molecule has 2 aliphatic rings. The van der Waals surface area contributed by atoms with Gasteiger partial charge in [0.25, 0.3) is 6.71 Å². The molecular formula is C54H34BN3S. The molecule has 0 aliphatic carbocycles. The topological polar surface area (TPSA) is 11.4 Å². The zero-order valence-corrected chi connectivity index (χ0v) is 32.8. The van der Waals surface area contributed by atoms with Gasteiger partial charge in [-0.05, 0) is 93.5 Å². The number of nitrogens with zero attached hydrogens (tertiary/aromatic N) is 3. The van der Waals surface area contributed by atoms with Crippen LogP contribution in [0.4, 0.5) is 34.1 Å². The molecule has 0 fully saturated rings. The molecule has 0 saturated heterocycles. The van der Waals surface area contributed by atoms with Crippen LogP contribution in [0.5, 0.6) is 0 Å². The maximum absolute atomic E-state index is 2.56. The quantitative estimate of drug-likeness (QED) is 0.165. The lowest BCUT2D eigenvalue weighted by atomic mass is 9.36. The van der Waals surface area contributed by atoms with E-state index in [1.165, 1.54) is 92.2 Å². The molecule has 0 saturated carbocycles. The van der Waals surface area contributed by atoms with Crippen LogP contribution in [0.3, 0.4) is 0 Å². The van der Waals surface area contributed by atoms with E-state index in [2.05, 4.69) is 221 Å². The molecule has 2 aliphatic heterocycles. The zero-order valence-electron chi connectivity index (χ0n) is 32.0. The van der Waals surface area contributed by atoms with Crippen molar-refractivity contribution in [2.24, 2.45) is 0 Å². The minimum Gasteiger partial charge on any atom is -0.311 e. The van der Waals surface area contributed by atoms with Crippen molar-refractivity contribution in [2.45, 2.75) is 0 Å². The first-order valence-corrected chi connectivity index (χ1v) is 21.1. The molecule has 59 heavy (non-hydrogen) atoms. The molecule has 0 atom stereocenters. The van der Waals surface area contributed by atoms with E-state index in [9.17, 15) is 0 Å². The second kappa shape index (κ2) is 12.6. The van der Waals surface area contributed by atoms with E-state index >= 15 is 0 Å². The lowest BCUT2D eigenvalue weighted by Gasteiger charge is -2.43. The summed E-state index contributed by atoms with van der Waals surface area (Å²) in [6, 6.07) is 76.0. The monoisotopic (exact) mass is 767 g/mol. The third-order valence-corrected chi connectivity index (χ3v) is 13.8. The molecule has 0 N–H and O–H groups in total. The summed E-state index contributed by atoms with van der Waals surface area (Å²) in [7, 11) is 0. The zero-order chi connectivity index (χ0) is 38.6. The van der Waals surface area contributed by atoms with Gasteiger partial charge >= 0.3 is 0 Å². The predicted octanol–water partition coefficient (Wildman–Crippen LogP) is 12.9. The number of thiophene rings is 1. The number of rotatable bonds is 4. The van der Waals surface area contributed by atoms with E-state index in [1.807, 2.05) is 11.3 Å². The van der Waals surface area contributed by atoms with Gasteiger partial charge in [-0.1, -0.05) is 146 Å². The number of para-hydroxylation sites is 3. The van der Waals surface area contributed by atoms with Crippen LogP contribution in [0.2, 0.25) is 0 Å². The highest BCUT2D eigenvalue weighted by molar-refractivity contribution is 7.34. The van der Waals surface area contributed by atoms with Crippen LogP contribution in [0.15, 0.2) is 206 Å². The predicted molar refractivity (Wildman–Crippen MR) is 253 cm³/mol. The standard InChI is InChI=1S/C54H34BN3S/c1-3-15-35(16-4-1)37-18-13-21-39(33-37)58-49-28-14-27-48-51(49)55(54-52(58)44-31-29-36-17-7-8-22-41(36)53(44)59-54)45-32-30-40(34-50(45)56(48)38-19-5-2-6-20-38)57-46-25-11-9-23-42(46)43-24-10-12-26-47(43)57/h1-34H. The Kier molecular flexibility index (Phi) is 6.98. The van der Waals surface area contributed by atoms with Gasteiger partial charge in [-0.15, -0.1) is 11.3 Å². The van der Waals surface area contributed by atoms with Gasteiger partial charge in [0.1, 0.15) is 0 Å². The van der Waals surface area contributed by atoms with Crippen LogP contribution in [-0.2, 0) is 0 Å². The van der Waals surface area contributed by atoms with E-state index in [0.29, 0.717) is 0 Å². The second-order valence-electron chi connectivity index (χ2n) is 15.7. The Morgan fingerprint density at radius 1 is 0.390 bits per heavy atom. The smallest absolute Gasteiger partial charge is 0.264 e. The van der Waals surface area contributed by atoms with Crippen molar-refractivity contribution in [1.82, 2.24) is 4.57 Å². The first kappa shape index (κ1) is 32.7. The van der Waals surface area contributed by atoms with E-state index in [-0.39, 0.29) is 6.71 Å². The van der Waals surface area contributed by atoms with E-state index in [4.69, 9.17) is 0 Å². The van der Waals surface area contributed by atoms with Crippen molar-refractivity contribution < 1.29 is 0 Å². The Bertz CT molecular complexity index is 3420. The molecule has 0 radical (unpaired) electrons. The fourth-order valence-corrected chi connectivity index (χ4v) is 11.5. The van der Waals surface area contributed by atoms with Crippen LogP contribution >= 0.6 is 11.3 Å². The highest BCUT2D eigenvalue weighted by Gasteiger charge is 2.45. The molecule has 0 spiro atoms.